The number of anilines is 1. The number of ether oxygens (including phenoxy) is 1. The summed E-state index contributed by atoms with van der Waals surface area (Å²) in [5, 5.41) is 0. The minimum atomic E-state index is 0.0199. The topological polar surface area (TPSA) is 53.1 Å². The van der Waals surface area contributed by atoms with E-state index < -0.39 is 0 Å². The first-order chi connectivity index (χ1) is 9.47. The van der Waals surface area contributed by atoms with Crippen LogP contribution in [0.4, 0.5) is 5.69 Å². The summed E-state index contributed by atoms with van der Waals surface area (Å²) >= 11 is 0. The van der Waals surface area contributed by atoms with Crippen molar-refractivity contribution in [2.24, 2.45) is 0 Å². The van der Waals surface area contributed by atoms with Gasteiger partial charge in [-0.05, 0) is 31.0 Å². The van der Waals surface area contributed by atoms with Gasteiger partial charge in [0.25, 0.3) is 0 Å². The number of hydrogen-bond acceptors (Lipinski definition) is 3. The van der Waals surface area contributed by atoms with Crippen molar-refractivity contribution in [2.45, 2.75) is 45.1 Å². The van der Waals surface area contributed by atoms with Gasteiger partial charge in [-0.2, -0.15) is 0 Å². The van der Waals surface area contributed by atoms with Crippen LogP contribution in [0.2, 0.25) is 0 Å². The van der Waals surface area contributed by atoms with Gasteiger partial charge in [-0.15, -0.1) is 0 Å². The number of nitrogens with zero attached hydrogens (tertiary/aromatic N) is 2. The van der Waals surface area contributed by atoms with E-state index in [-0.39, 0.29) is 5.41 Å². The zero-order chi connectivity index (χ0) is 14.3. The Bertz CT molecular complexity index is 618. The van der Waals surface area contributed by atoms with Gasteiger partial charge >= 0.3 is 0 Å². The first-order valence-corrected chi connectivity index (χ1v) is 7.32. The summed E-state index contributed by atoms with van der Waals surface area (Å²) in [5.74, 6) is 1.14. The van der Waals surface area contributed by atoms with E-state index >= 15 is 0 Å². The van der Waals surface area contributed by atoms with Gasteiger partial charge in [-0.1, -0.05) is 20.8 Å². The molecular weight excluding hydrogens is 250 g/mol. The maximum atomic E-state index is 5.90. The monoisotopic (exact) mass is 273 g/mol. The molecule has 4 nitrogen and oxygen atoms in total. The first kappa shape index (κ1) is 13.4. The molecule has 3 rings (SSSR count). The summed E-state index contributed by atoms with van der Waals surface area (Å²) in [5.41, 5.74) is 8.89. The van der Waals surface area contributed by atoms with Crippen molar-refractivity contribution in [3.05, 3.63) is 24.0 Å². The Morgan fingerprint density at radius 2 is 1.95 bits per heavy atom. The molecule has 2 aromatic rings. The summed E-state index contributed by atoms with van der Waals surface area (Å²) in [6, 6.07) is 6.52. The molecule has 0 spiro atoms. The van der Waals surface area contributed by atoms with E-state index in [1.165, 1.54) is 5.52 Å². The molecule has 1 fully saturated rings. The van der Waals surface area contributed by atoms with E-state index in [0.29, 0.717) is 6.04 Å². The largest absolute Gasteiger partial charge is 0.399 e. The Kier molecular flexibility index (Phi) is 3.21. The number of rotatable bonds is 1. The molecular formula is C16H23N3O. The van der Waals surface area contributed by atoms with Crippen LogP contribution in [0.3, 0.4) is 0 Å². The van der Waals surface area contributed by atoms with Crippen LogP contribution in [0.5, 0.6) is 0 Å². The lowest BCUT2D eigenvalue weighted by Crippen LogP contribution is -2.26. The highest BCUT2D eigenvalue weighted by molar-refractivity contribution is 5.80. The van der Waals surface area contributed by atoms with Crippen LogP contribution in [-0.4, -0.2) is 22.8 Å². The number of fused-ring (bicyclic) bond motifs is 1. The molecule has 108 valence electrons. The number of nitrogen functional groups attached to an aromatic ring is 1. The third-order valence-corrected chi connectivity index (χ3v) is 3.94. The molecule has 20 heavy (non-hydrogen) atoms. The molecule has 0 aliphatic carbocycles. The number of hydrogen-bond donors (Lipinski definition) is 1. The van der Waals surface area contributed by atoms with Gasteiger partial charge in [0.2, 0.25) is 0 Å². The van der Waals surface area contributed by atoms with Crippen molar-refractivity contribution < 1.29 is 4.74 Å². The van der Waals surface area contributed by atoms with Gasteiger partial charge in [0, 0.05) is 30.4 Å². The third kappa shape index (κ3) is 2.29. The highest BCUT2D eigenvalue weighted by Gasteiger charge is 2.27. The zero-order valence-corrected chi connectivity index (χ0v) is 12.5. The highest BCUT2D eigenvalue weighted by Crippen LogP contribution is 2.33. The second-order valence-corrected chi connectivity index (χ2v) is 6.65. The van der Waals surface area contributed by atoms with Crippen molar-refractivity contribution >= 4 is 16.7 Å². The molecule has 1 saturated heterocycles. The Hall–Kier alpha value is -1.55. The number of aromatic nitrogens is 2. The predicted molar refractivity (Wildman–Crippen MR) is 81.9 cm³/mol. The van der Waals surface area contributed by atoms with Crippen molar-refractivity contribution in [3.8, 4) is 0 Å². The molecule has 2 heterocycles. The van der Waals surface area contributed by atoms with E-state index in [9.17, 15) is 0 Å². The van der Waals surface area contributed by atoms with Crippen LogP contribution >= 0.6 is 0 Å². The maximum absolute atomic E-state index is 5.90. The second kappa shape index (κ2) is 4.77. The van der Waals surface area contributed by atoms with Gasteiger partial charge in [0.1, 0.15) is 5.82 Å². The van der Waals surface area contributed by atoms with Gasteiger partial charge in [-0.3, -0.25) is 0 Å². The molecule has 0 unspecified atom stereocenters. The van der Waals surface area contributed by atoms with Gasteiger partial charge < -0.3 is 15.0 Å². The molecule has 0 bridgehead atoms. The van der Waals surface area contributed by atoms with Gasteiger partial charge in [0.05, 0.1) is 11.0 Å². The normalized spacial score (nSPS) is 17.8. The Morgan fingerprint density at radius 3 is 2.60 bits per heavy atom. The summed E-state index contributed by atoms with van der Waals surface area (Å²) < 4.78 is 7.91. The molecule has 1 aromatic carbocycles. The summed E-state index contributed by atoms with van der Waals surface area (Å²) in [4.78, 5) is 4.86. The van der Waals surface area contributed by atoms with Crippen LogP contribution in [0.1, 0.15) is 45.5 Å². The fraction of sp³-hybridized carbons (Fsp3) is 0.562. The number of benzene rings is 1. The van der Waals surface area contributed by atoms with E-state index in [0.717, 1.165) is 43.1 Å². The van der Waals surface area contributed by atoms with E-state index in [1.807, 2.05) is 12.1 Å². The van der Waals surface area contributed by atoms with Crippen LogP contribution in [0.25, 0.3) is 11.0 Å². The lowest BCUT2D eigenvalue weighted by molar-refractivity contribution is 0.0691. The summed E-state index contributed by atoms with van der Waals surface area (Å²) in [7, 11) is 0. The minimum absolute atomic E-state index is 0.0199. The number of imidazole rings is 1. The zero-order valence-electron chi connectivity index (χ0n) is 12.5. The summed E-state index contributed by atoms with van der Waals surface area (Å²) in [6.45, 7) is 8.32. The molecule has 4 heteroatoms. The SMILES string of the molecule is CC(C)(C)c1nc2cc(N)ccc2n1C1CCOCC1. The molecule has 1 aromatic heterocycles. The van der Waals surface area contributed by atoms with E-state index in [4.69, 9.17) is 15.5 Å². The van der Waals surface area contributed by atoms with Crippen LogP contribution in [0.15, 0.2) is 18.2 Å². The molecule has 0 saturated carbocycles. The molecule has 1 aliphatic heterocycles. The Labute approximate surface area is 119 Å². The lowest BCUT2D eigenvalue weighted by atomic mass is 9.94. The minimum Gasteiger partial charge on any atom is -0.399 e. The van der Waals surface area contributed by atoms with Crippen molar-refractivity contribution in [1.82, 2.24) is 9.55 Å². The average Bonchev–Trinajstić information content (AvgIpc) is 2.78. The van der Waals surface area contributed by atoms with Crippen LogP contribution in [-0.2, 0) is 10.2 Å². The first-order valence-electron chi connectivity index (χ1n) is 7.32. The van der Waals surface area contributed by atoms with Crippen molar-refractivity contribution in [1.29, 1.82) is 0 Å². The highest BCUT2D eigenvalue weighted by atomic mass is 16.5. The fourth-order valence-electron chi connectivity index (χ4n) is 2.96. The Balaban J connectivity index is 2.20. The fourth-order valence-corrected chi connectivity index (χ4v) is 2.96. The quantitative estimate of drug-likeness (QED) is 0.811. The molecule has 0 amide bonds. The van der Waals surface area contributed by atoms with Gasteiger partial charge in [-0.25, -0.2) is 4.98 Å². The van der Waals surface area contributed by atoms with E-state index in [1.54, 1.807) is 0 Å². The molecule has 1 aliphatic rings. The molecule has 0 atom stereocenters. The summed E-state index contributed by atoms with van der Waals surface area (Å²) in [6.07, 6.45) is 2.11. The maximum Gasteiger partial charge on any atom is 0.115 e. The molecule has 0 radical (unpaired) electrons. The predicted octanol–water partition coefficient (Wildman–Crippen LogP) is 3.27. The third-order valence-electron chi connectivity index (χ3n) is 3.94. The van der Waals surface area contributed by atoms with Crippen LogP contribution in [0, 0.1) is 0 Å². The standard InChI is InChI=1S/C16H23N3O/c1-16(2,3)15-18-13-10-11(17)4-5-14(13)19(15)12-6-8-20-9-7-12/h4-5,10,12H,6-9,17H2,1-3H3. The average molecular weight is 273 g/mol. The molecule has 2 N–H and O–H groups in total. The second-order valence-electron chi connectivity index (χ2n) is 6.65. The van der Waals surface area contributed by atoms with E-state index in [2.05, 4.69) is 31.4 Å². The number of nitrogens with two attached hydrogens (primary N) is 1. The van der Waals surface area contributed by atoms with Crippen LogP contribution < -0.4 is 5.73 Å². The van der Waals surface area contributed by atoms with Gasteiger partial charge in [0.15, 0.2) is 0 Å². The smallest absolute Gasteiger partial charge is 0.115 e. The van der Waals surface area contributed by atoms with Crippen molar-refractivity contribution in [2.75, 3.05) is 18.9 Å². The van der Waals surface area contributed by atoms with Crippen molar-refractivity contribution in [3.63, 3.8) is 0 Å². The Morgan fingerprint density at radius 1 is 1.25 bits per heavy atom. The lowest BCUT2D eigenvalue weighted by Gasteiger charge is -2.29.